The maximum Gasteiger partial charge on any atom is 0.338 e. The Bertz CT molecular complexity index is 887. The number of carbonyl (C=O) groups excluding carboxylic acids is 2. The number of carbonyl (C=O) groups is 2. The van der Waals surface area contributed by atoms with E-state index >= 15 is 0 Å². The Morgan fingerprint density at radius 2 is 1.79 bits per heavy atom. The van der Waals surface area contributed by atoms with Crippen LogP contribution in [0.15, 0.2) is 52.0 Å². The molecule has 1 atom stereocenters. The average Bonchev–Trinajstić information content (AvgIpc) is 3.20. The number of sulfonamides is 1. The fourth-order valence-corrected chi connectivity index (χ4v) is 3.95. The summed E-state index contributed by atoms with van der Waals surface area (Å²) in [7, 11) is -3.60. The van der Waals surface area contributed by atoms with Crippen LogP contribution in [-0.4, -0.2) is 43.8 Å². The van der Waals surface area contributed by atoms with Gasteiger partial charge in [0.05, 0.1) is 23.3 Å². The summed E-state index contributed by atoms with van der Waals surface area (Å²) in [5.74, 6) is -0.602. The molecule has 152 valence electrons. The van der Waals surface area contributed by atoms with Gasteiger partial charge in [0.2, 0.25) is 10.0 Å². The highest BCUT2D eigenvalue weighted by atomic mass is 32.2. The van der Waals surface area contributed by atoms with Gasteiger partial charge in [-0.05, 0) is 43.3 Å². The van der Waals surface area contributed by atoms with Gasteiger partial charge in [0.25, 0.3) is 5.91 Å². The first-order chi connectivity index (χ1) is 13.3. The molecule has 0 saturated carbocycles. The number of hydrogen-bond acceptors (Lipinski definition) is 6. The van der Waals surface area contributed by atoms with Crippen LogP contribution in [0.25, 0.3) is 0 Å². The molecule has 1 N–H and O–H groups in total. The van der Waals surface area contributed by atoms with Crippen molar-refractivity contribution in [2.24, 2.45) is 0 Å². The molecule has 0 fully saturated rings. The first-order valence-electron chi connectivity index (χ1n) is 8.90. The smallest absolute Gasteiger partial charge is 0.338 e. The number of rotatable bonds is 9. The van der Waals surface area contributed by atoms with Crippen LogP contribution in [0.2, 0.25) is 0 Å². The summed E-state index contributed by atoms with van der Waals surface area (Å²) < 4.78 is 36.5. The Labute approximate surface area is 164 Å². The first kappa shape index (κ1) is 21.6. The molecule has 2 aromatic rings. The van der Waals surface area contributed by atoms with Crippen LogP contribution in [0, 0.1) is 0 Å². The van der Waals surface area contributed by atoms with Gasteiger partial charge in [-0.3, -0.25) is 4.79 Å². The van der Waals surface area contributed by atoms with Gasteiger partial charge in [0.1, 0.15) is 5.76 Å². The molecule has 0 spiro atoms. The summed E-state index contributed by atoms with van der Waals surface area (Å²) >= 11 is 0. The number of ether oxygens (including phenoxy) is 1. The first-order valence-corrected chi connectivity index (χ1v) is 10.3. The Hall–Kier alpha value is -2.65. The third-order valence-electron chi connectivity index (χ3n) is 4.10. The van der Waals surface area contributed by atoms with Gasteiger partial charge in [0, 0.05) is 13.1 Å². The third-order valence-corrected chi connectivity index (χ3v) is 6.17. The lowest BCUT2D eigenvalue weighted by atomic mass is 10.2. The van der Waals surface area contributed by atoms with Gasteiger partial charge < -0.3 is 14.5 Å². The molecule has 1 aromatic heterocycles. The van der Waals surface area contributed by atoms with E-state index in [0.29, 0.717) is 18.8 Å². The Kier molecular flexibility index (Phi) is 7.36. The van der Waals surface area contributed by atoms with Crippen LogP contribution >= 0.6 is 0 Å². The number of benzene rings is 1. The lowest BCUT2D eigenvalue weighted by Crippen LogP contribution is -2.35. The quantitative estimate of drug-likeness (QED) is 0.638. The van der Waals surface area contributed by atoms with Crippen LogP contribution in [0.4, 0.5) is 0 Å². The minimum absolute atomic E-state index is 0.0944. The molecule has 1 aromatic carbocycles. The summed E-state index contributed by atoms with van der Waals surface area (Å²) in [6, 6.07) is 8.86. The summed E-state index contributed by atoms with van der Waals surface area (Å²) in [5.41, 5.74) is 0.157. The molecule has 0 radical (unpaired) electrons. The minimum Gasteiger partial charge on any atom is -0.467 e. The van der Waals surface area contributed by atoms with E-state index in [2.05, 4.69) is 5.32 Å². The molecular weight excluding hydrogens is 384 g/mol. The Morgan fingerprint density at radius 3 is 2.32 bits per heavy atom. The van der Waals surface area contributed by atoms with E-state index in [-0.39, 0.29) is 17.0 Å². The molecule has 0 unspecified atom stereocenters. The largest absolute Gasteiger partial charge is 0.467 e. The zero-order valence-corrected chi connectivity index (χ0v) is 16.9. The average molecular weight is 408 g/mol. The van der Waals surface area contributed by atoms with Crippen LogP contribution in [0.3, 0.4) is 0 Å². The van der Waals surface area contributed by atoms with Crippen molar-refractivity contribution in [2.75, 3.05) is 13.1 Å². The maximum atomic E-state index is 12.5. The van der Waals surface area contributed by atoms with E-state index < -0.39 is 28.0 Å². The van der Waals surface area contributed by atoms with E-state index in [4.69, 9.17) is 9.15 Å². The Morgan fingerprint density at radius 1 is 1.14 bits per heavy atom. The minimum atomic E-state index is -3.60. The molecule has 0 aliphatic carbocycles. The summed E-state index contributed by atoms with van der Waals surface area (Å²) in [4.78, 5) is 24.3. The molecule has 0 aliphatic rings. The highest BCUT2D eigenvalue weighted by Gasteiger charge is 2.23. The molecule has 0 saturated heterocycles. The van der Waals surface area contributed by atoms with Crippen LogP contribution in [0.5, 0.6) is 0 Å². The monoisotopic (exact) mass is 408 g/mol. The molecule has 0 aliphatic heterocycles. The molecule has 0 bridgehead atoms. The molecule has 1 amide bonds. The third kappa shape index (κ3) is 5.20. The normalized spacial score (nSPS) is 12.6. The predicted molar refractivity (Wildman–Crippen MR) is 102 cm³/mol. The lowest BCUT2D eigenvalue weighted by Gasteiger charge is -2.18. The van der Waals surface area contributed by atoms with Gasteiger partial charge in [-0.1, -0.05) is 13.8 Å². The van der Waals surface area contributed by atoms with Gasteiger partial charge in [0.15, 0.2) is 6.10 Å². The second-order valence-electron chi connectivity index (χ2n) is 5.96. The van der Waals surface area contributed by atoms with Crippen molar-refractivity contribution in [1.29, 1.82) is 0 Å². The molecule has 9 heteroatoms. The van der Waals surface area contributed by atoms with E-state index in [9.17, 15) is 18.0 Å². The van der Waals surface area contributed by atoms with Crippen molar-refractivity contribution in [2.45, 2.75) is 38.3 Å². The SMILES string of the molecule is CCN(CC)S(=O)(=O)c1ccc(C(=O)O[C@H](C)C(=O)NCc2ccco2)cc1. The summed E-state index contributed by atoms with van der Waals surface area (Å²) in [5, 5.41) is 2.60. The van der Waals surface area contributed by atoms with Crippen molar-refractivity contribution in [3.63, 3.8) is 0 Å². The second kappa shape index (κ2) is 9.52. The van der Waals surface area contributed by atoms with Gasteiger partial charge in [-0.2, -0.15) is 4.31 Å². The fraction of sp³-hybridized carbons (Fsp3) is 0.368. The highest BCUT2D eigenvalue weighted by molar-refractivity contribution is 7.89. The molecule has 8 nitrogen and oxygen atoms in total. The van der Waals surface area contributed by atoms with Crippen molar-refractivity contribution >= 4 is 21.9 Å². The second-order valence-corrected chi connectivity index (χ2v) is 7.90. The number of amides is 1. The summed E-state index contributed by atoms with van der Waals surface area (Å²) in [6.07, 6.45) is 0.483. The van der Waals surface area contributed by atoms with Crippen molar-refractivity contribution in [3.8, 4) is 0 Å². The van der Waals surface area contributed by atoms with Crippen molar-refractivity contribution in [1.82, 2.24) is 9.62 Å². The van der Waals surface area contributed by atoms with E-state index in [1.165, 1.54) is 41.8 Å². The van der Waals surface area contributed by atoms with Gasteiger partial charge in [-0.15, -0.1) is 0 Å². The predicted octanol–water partition coefficient (Wildman–Crippen LogP) is 2.17. The number of furan rings is 1. The number of nitrogens with one attached hydrogen (secondary N) is 1. The standard InChI is InChI=1S/C19H24N2O6S/c1-4-21(5-2)28(24,25)17-10-8-15(9-11-17)19(23)27-14(3)18(22)20-13-16-7-6-12-26-16/h6-12,14H,4-5,13H2,1-3H3,(H,20,22)/t14-/m1/s1. The number of esters is 1. The number of nitrogens with zero attached hydrogens (tertiary/aromatic N) is 1. The molecule has 1 heterocycles. The Balaban J connectivity index is 1.97. The molecule has 28 heavy (non-hydrogen) atoms. The van der Waals surface area contributed by atoms with E-state index in [1.54, 1.807) is 26.0 Å². The van der Waals surface area contributed by atoms with E-state index in [0.717, 1.165) is 0 Å². The van der Waals surface area contributed by atoms with Crippen molar-refractivity contribution in [3.05, 3.63) is 54.0 Å². The zero-order chi connectivity index (χ0) is 20.7. The topological polar surface area (TPSA) is 106 Å². The molecular formula is C19H24N2O6S. The molecule has 2 rings (SSSR count). The lowest BCUT2D eigenvalue weighted by molar-refractivity contribution is -0.129. The van der Waals surface area contributed by atoms with E-state index in [1.807, 2.05) is 0 Å². The fourth-order valence-electron chi connectivity index (χ4n) is 2.49. The zero-order valence-electron chi connectivity index (χ0n) is 16.0. The van der Waals surface area contributed by atoms with Gasteiger partial charge in [-0.25, -0.2) is 13.2 Å². The van der Waals surface area contributed by atoms with Crippen LogP contribution in [0.1, 0.15) is 36.9 Å². The van der Waals surface area contributed by atoms with Crippen molar-refractivity contribution < 1.29 is 27.2 Å². The maximum absolute atomic E-state index is 12.5. The number of hydrogen-bond donors (Lipinski definition) is 1. The highest BCUT2D eigenvalue weighted by Crippen LogP contribution is 2.17. The van der Waals surface area contributed by atoms with Crippen LogP contribution in [-0.2, 0) is 26.1 Å². The van der Waals surface area contributed by atoms with Crippen LogP contribution < -0.4 is 5.32 Å². The summed E-state index contributed by atoms with van der Waals surface area (Å²) in [6.45, 7) is 5.86. The van der Waals surface area contributed by atoms with Gasteiger partial charge >= 0.3 is 5.97 Å².